The smallest absolute Gasteiger partial charge is 0.436 e. The van der Waals surface area contributed by atoms with Crippen molar-refractivity contribution in [3.8, 4) is 0 Å². The second-order valence-electron chi connectivity index (χ2n) is 6.09. The van der Waals surface area contributed by atoms with Crippen molar-refractivity contribution in [2.24, 2.45) is 5.92 Å². The van der Waals surface area contributed by atoms with Crippen LogP contribution in [0.4, 0.5) is 17.6 Å². The van der Waals surface area contributed by atoms with Crippen LogP contribution in [0.1, 0.15) is 32.8 Å². The fourth-order valence-electron chi connectivity index (χ4n) is 2.16. The molecule has 0 aliphatic rings. The molecule has 0 saturated carbocycles. The molecule has 1 aromatic carbocycles. The number of halogens is 4. The molecule has 0 aliphatic heterocycles. The number of benzene rings is 1. The molecule has 1 amide bonds. The number of esters is 1. The average Bonchev–Trinajstić information content (AvgIpc) is 2.51. The number of alkyl halides is 3. The van der Waals surface area contributed by atoms with E-state index in [-0.39, 0.29) is 18.9 Å². The molecule has 0 saturated heterocycles. The van der Waals surface area contributed by atoms with Crippen molar-refractivity contribution in [2.45, 2.75) is 45.6 Å². The zero-order valence-electron chi connectivity index (χ0n) is 14.7. The minimum Gasteiger partial charge on any atom is -0.463 e. The molecule has 5 nitrogen and oxygen atoms in total. The largest absolute Gasteiger partial charge is 0.463 e. The van der Waals surface area contributed by atoms with Gasteiger partial charge in [-0.2, -0.15) is 13.2 Å². The Balaban J connectivity index is 3.16. The van der Waals surface area contributed by atoms with Gasteiger partial charge in [0.2, 0.25) is 5.91 Å². The highest BCUT2D eigenvalue weighted by atomic mass is 19.4. The van der Waals surface area contributed by atoms with Crippen LogP contribution in [0, 0.1) is 11.7 Å². The van der Waals surface area contributed by atoms with E-state index in [4.69, 9.17) is 0 Å². The number of carbonyl (C=O) groups is 2. The maximum absolute atomic E-state index is 13.8. The first-order valence-corrected chi connectivity index (χ1v) is 8.06. The van der Waals surface area contributed by atoms with Crippen LogP contribution in [-0.4, -0.2) is 30.3 Å². The van der Waals surface area contributed by atoms with Crippen molar-refractivity contribution in [3.63, 3.8) is 0 Å². The van der Waals surface area contributed by atoms with E-state index in [2.05, 4.69) is 4.74 Å². The summed E-state index contributed by atoms with van der Waals surface area (Å²) < 4.78 is 58.8. The van der Waals surface area contributed by atoms with Gasteiger partial charge in [-0.1, -0.05) is 26.0 Å². The predicted molar refractivity (Wildman–Crippen MR) is 86.3 cm³/mol. The third-order valence-corrected chi connectivity index (χ3v) is 3.40. The van der Waals surface area contributed by atoms with Gasteiger partial charge in [0.25, 0.3) is 5.66 Å². The van der Waals surface area contributed by atoms with Crippen LogP contribution in [-0.2, 0) is 20.9 Å². The molecule has 9 heteroatoms. The summed E-state index contributed by atoms with van der Waals surface area (Å²) in [6, 6.07) is 4.69. The van der Waals surface area contributed by atoms with Crippen LogP contribution in [0.5, 0.6) is 0 Å². The van der Waals surface area contributed by atoms with Crippen molar-refractivity contribution in [3.05, 3.63) is 35.6 Å². The van der Waals surface area contributed by atoms with Crippen LogP contribution in [0.2, 0.25) is 0 Å². The van der Waals surface area contributed by atoms with Gasteiger partial charge < -0.3 is 10.1 Å². The van der Waals surface area contributed by atoms with Gasteiger partial charge in [-0.3, -0.25) is 10.1 Å². The lowest BCUT2D eigenvalue weighted by atomic mass is 10.1. The summed E-state index contributed by atoms with van der Waals surface area (Å²) in [5.74, 6) is -3.37. The van der Waals surface area contributed by atoms with E-state index < -0.39 is 36.1 Å². The molecule has 1 aromatic rings. The highest BCUT2D eigenvalue weighted by Crippen LogP contribution is 2.30. The molecule has 0 bridgehead atoms. The molecular weight excluding hydrogens is 356 g/mol. The Morgan fingerprint density at radius 2 is 1.73 bits per heavy atom. The second-order valence-corrected chi connectivity index (χ2v) is 6.09. The first-order chi connectivity index (χ1) is 12.0. The molecule has 0 radical (unpaired) electrons. The molecule has 0 aromatic heterocycles. The average molecular weight is 378 g/mol. The van der Waals surface area contributed by atoms with Gasteiger partial charge in [-0.15, -0.1) is 0 Å². The summed E-state index contributed by atoms with van der Waals surface area (Å²) in [6.07, 6.45) is -5.36. The standard InChI is InChI=1S/C17H22F4N2O3/c1-4-26-15(25)16(17(19,20)21,23-14(24)9-11(2)3)22-10-12-5-7-13(18)8-6-12/h5-8,11,22H,4,9-10H2,1-3H3,(H,23,24)/t16-/m0/s1. The van der Waals surface area contributed by atoms with Crippen LogP contribution in [0.3, 0.4) is 0 Å². The fraction of sp³-hybridized carbons (Fsp3) is 0.529. The third kappa shape index (κ3) is 5.69. The van der Waals surface area contributed by atoms with Crippen molar-refractivity contribution in [2.75, 3.05) is 6.61 Å². The highest BCUT2D eigenvalue weighted by Gasteiger charge is 2.63. The van der Waals surface area contributed by atoms with Crippen molar-refractivity contribution >= 4 is 11.9 Å². The van der Waals surface area contributed by atoms with E-state index in [1.165, 1.54) is 19.1 Å². The number of amides is 1. The molecular formula is C17H22F4N2O3. The molecule has 0 aliphatic carbocycles. The molecule has 0 fully saturated rings. The van der Waals surface area contributed by atoms with E-state index in [1.54, 1.807) is 19.2 Å². The lowest BCUT2D eigenvalue weighted by molar-refractivity contribution is -0.222. The van der Waals surface area contributed by atoms with Crippen LogP contribution < -0.4 is 10.6 Å². The first kappa shape index (κ1) is 21.9. The van der Waals surface area contributed by atoms with Crippen LogP contribution in [0.15, 0.2) is 24.3 Å². The van der Waals surface area contributed by atoms with E-state index >= 15 is 0 Å². The van der Waals surface area contributed by atoms with Crippen molar-refractivity contribution in [1.29, 1.82) is 0 Å². The minimum absolute atomic E-state index is 0.199. The fourth-order valence-corrected chi connectivity index (χ4v) is 2.16. The summed E-state index contributed by atoms with van der Waals surface area (Å²) in [7, 11) is 0. The third-order valence-electron chi connectivity index (χ3n) is 3.40. The maximum Gasteiger partial charge on any atom is 0.436 e. The molecule has 1 atom stereocenters. The predicted octanol–water partition coefficient (Wildman–Crippen LogP) is 2.90. The van der Waals surface area contributed by atoms with Gasteiger partial charge in [0, 0.05) is 13.0 Å². The maximum atomic E-state index is 13.8. The monoisotopic (exact) mass is 378 g/mol. The van der Waals surface area contributed by atoms with Gasteiger partial charge in [0.15, 0.2) is 0 Å². The van der Waals surface area contributed by atoms with Crippen molar-refractivity contribution < 1.29 is 31.9 Å². The highest BCUT2D eigenvalue weighted by molar-refractivity contribution is 5.88. The summed E-state index contributed by atoms with van der Waals surface area (Å²) in [5, 5.41) is 3.79. The molecule has 0 unspecified atom stereocenters. The number of hydrogen-bond acceptors (Lipinski definition) is 4. The number of ether oxygens (including phenoxy) is 1. The Labute approximate surface area is 149 Å². The van der Waals surface area contributed by atoms with Gasteiger partial charge >= 0.3 is 12.1 Å². The Kier molecular flexibility index (Phi) is 7.55. The van der Waals surface area contributed by atoms with Gasteiger partial charge in [0.05, 0.1) is 6.61 Å². The molecule has 2 N–H and O–H groups in total. The van der Waals surface area contributed by atoms with E-state index in [0.717, 1.165) is 12.1 Å². The van der Waals surface area contributed by atoms with Gasteiger partial charge in [-0.05, 0) is 30.5 Å². The normalized spacial score (nSPS) is 14.0. The summed E-state index contributed by atoms with van der Waals surface area (Å²) in [5.41, 5.74) is -3.11. The topological polar surface area (TPSA) is 67.4 Å². The second kappa shape index (κ2) is 8.98. The number of hydrogen-bond donors (Lipinski definition) is 2. The minimum atomic E-state index is -5.16. The summed E-state index contributed by atoms with van der Waals surface area (Å²) >= 11 is 0. The summed E-state index contributed by atoms with van der Waals surface area (Å²) in [6.45, 7) is 3.93. The lowest BCUT2D eigenvalue weighted by Crippen LogP contribution is -2.72. The Bertz CT molecular complexity index is 617. The van der Waals surface area contributed by atoms with E-state index in [9.17, 15) is 27.2 Å². The molecule has 1 rings (SSSR count). The SMILES string of the molecule is CCOC(=O)[C@](NCc1ccc(F)cc1)(NC(=O)CC(C)C)C(F)(F)F. The zero-order chi connectivity index (χ0) is 20.0. The number of rotatable bonds is 8. The molecule has 146 valence electrons. The molecule has 26 heavy (non-hydrogen) atoms. The summed E-state index contributed by atoms with van der Waals surface area (Å²) in [4.78, 5) is 24.1. The molecule has 0 spiro atoms. The number of nitrogens with one attached hydrogen (secondary N) is 2. The van der Waals surface area contributed by atoms with E-state index in [0.29, 0.717) is 5.56 Å². The molecule has 0 heterocycles. The lowest BCUT2D eigenvalue weighted by Gasteiger charge is -2.35. The van der Waals surface area contributed by atoms with Crippen molar-refractivity contribution in [1.82, 2.24) is 10.6 Å². The quantitative estimate of drug-likeness (QED) is 0.415. The first-order valence-electron chi connectivity index (χ1n) is 8.06. The Hall–Kier alpha value is -2.16. The van der Waals surface area contributed by atoms with Gasteiger partial charge in [0.1, 0.15) is 5.82 Å². The van der Waals surface area contributed by atoms with Crippen LogP contribution in [0.25, 0.3) is 0 Å². The van der Waals surface area contributed by atoms with Gasteiger partial charge in [-0.25, -0.2) is 9.18 Å². The van der Waals surface area contributed by atoms with E-state index in [1.807, 2.05) is 5.32 Å². The Morgan fingerprint density at radius 1 is 1.15 bits per heavy atom. The number of carbonyl (C=O) groups excluding carboxylic acids is 2. The zero-order valence-corrected chi connectivity index (χ0v) is 14.7. The Morgan fingerprint density at radius 3 is 2.19 bits per heavy atom. The van der Waals surface area contributed by atoms with Crippen LogP contribution >= 0.6 is 0 Å².